The Bertz CT molecular complexity index is 1900. The zero-order valence-electron chi connectivity index (χ0n) is 25.5. The molecule has 0 saturated heterocycles. The highest BCUT2D eigenvalue weighted by atomic mass is 32.2. The molecule has 0 atom stereocenters. The first-order valence-corrected chi connectivity index (χ1v) is 16.6. The van der Waals surface area contributed by atoms with Crippen molar-refractivity contribution < 1.29 is 17.9 Å². The SMILES string of the molecule is O=S(=O)(c1ccc(N=Cc2ccc(OCc3ccccc3)cc2)cc1)c1ccc(N=Cc2ccc(OCc3ccccc3)cc2)cc1. The molecule has 0 aliphatic heterocycles. The highest BCUT2D eigenvalue weighted by molar-refractivity contribution is 7.91. The molecule has 0 heterocycles. The molecule has 232 valence electrons. The first-order chi connectivity index (χ1) is 23.0. The monoisotopic (exact) mass is 636 g/mol. The van der Waals surface area contributed by atoms with Crippen molar-refractivity contribution in [3.8, 4) is 11.5 Å². The van der Waals surface area contributed by atoms with Crippen LogP contribution < -0.4 is 9.47 Å². The van der Waals surface area contributed by atoms with Gasteiger partial charge in [-0.2, -0.15) is 0 Å². The van der Waals surface area contributed by atoms with Crippen LogP contribution >= 0.6 is 0 Å². The van der Waals surface area contributed by atoms with E-state index in [1.165, 1.54) is 0 Å². The third kappa shape index (κ3) is 8.69. The van der Waals surface area contributed by atoms with Crippen LogP contribution in [0.2, 0.25) is 0 Å². The molecule has 0 spiro atoms. The molecule has 0 aliphatic carbocycles. The maximum Gasteiger partial charge on any atom is 0.206 e. The zero-order chi connectivity index (χ0) is 32.3. The van der Waals surface area contributed by atoms with Crippen molar-refractivity contribution in [2.75, 3.05) is 0 Å². The summed E-state index contributed by atoms with van der Waals surface area (Å²) in [6, 6.07) is 48.4. The normalized spacial score (nSPS) is 11.6. The number of nitrogens with zero attached hydrogens (tertiary/aromatic N) is 2. The van der Waals surface area contributed by atoms with Gasteiger partial charge >= 0.3 is 0 Å². The average molecular weight is 637 g/mol. The van der Waals surface area contributed by atoms with Crippen LogP contribution in [0, 0.1) is 0 Å². The summed E-state index contributed by atoms with van der Waals surface area (Å²) in [5.41, 5.74) is 5.31. The van der Waals surface area contributed by atoms with E-state index in [4.69, 9.17) is 9.47 Å². The van der Waals surface area contributed by atoms with E-state index < -0.39 is 9.84 Å². The van der Waals surface area contributed by atoms with Gasteiger partial charge in [0.1, 0.15) is 24.7 Å². The number of hydrogen-bond donors (Lipinski definition) is 0. The fraction of sp³-hybridized carbons (Fsp3) is 0.0500. The van der Waals surface area contributed by atoms with E-state index in [1.807, 2.05) is 109 Å². The van der Waals surface area contributed by atoms with Crippen molar-refractivity contribution >= 4 is 33.6 Å². The largest absolute Gasteiger partial charge is 0.489 e. The van der Waals surface area contributed by atoms with Crippen LogP contribution in [-0.4, -0.2) is 20.8 Å². The molecule has 0 radical (unpaired) electrons. The van der Waals surface area contributed by atoms with Gasteiger partial charge in [-0.05, 0) is 119 Å². The minimum atomic E-state index is -3.70. The Kier molecular flexibility index (Phi) is 9.95. The fourth-order valence-corrected chi connectivity index (χ4v) is 5.90. The summed E-state index contributed by atoms with van der Waals surface area (Å²) in [7, 11) is -3.70. The first-order valence-electron chi connectivity index (χ1n) is 15.1. The maximum absolute atomic E-state index is 13.3. The number of ether oxygens (including phenoxy) is 2. The third-order valence-electron chi connectivity index (χ3n) is 7.28. The Morgan fingerprint density at radius 3 is 1.17 bits per heavy atom. The lowest BCUT2D eigenvalue weighted by Gasteiger charge is -2.07. The number of rotatable bonds is 12. The minimum absolute atomic E-state index is 0.196. The number of hydrogen-bond acceptors (Lipinski definition) is 6. The van der Waals surface area contributed by atoms with Gasteiger partial charge in [-0.25, -0.2) is 8.42 Å². The third-order valence-corrected chi connectivity index (χ3v) is 9.06. The molecule has 7 heteroatoms. The lowest BCUT2D eigenvalue weighted by atomic mass is 10.2. The van der Waals surface area contributed by atoms with Gasteiger partial charge < -0.3 is 9.47 Å². The predicted molar refractivity (Wildman–Crippen MR) is 187 cm³/mol. The molecule has 0 bridgehead atoms. The fourth-order valence-electron chi connectivity index (χ4n) is 4.64. The van der Waals surface area contributed by atoms with Gasteiger partial charge in [-0.1, -0.05) is 60.7 Å². The van der Waals surface area contributed by atoms with E-state index in [9.17, 15) is 8.42 Å². The average Bonchev–Trinajstić information content (AvgIpc) is 3.13. The standard InChI is InChI=1S/C40H32N2O4S/c43-47(44,39-23-15-35(16-24-39)41-27-31-11-19-37(20-12-31)45-29-33-7-3-1-4-8-33)40-25-17-36(18-26-40)42-28-32-13-21-38(22-14-32)46-30-34-9-5-2-6-10-34/h1-28H,29-30H2. The van der Waals surface area contributed by atoms with Crippen molar-refractivity contribution in [3.63, 3.8) is 0 Å². The molecule has 0 aliphatic rings. The minimum Gasteiger partial charge on any atom is -0.489 e. The maximum atomic E-state index is 13.3. The van der Waals surface area contributed by atoms with Gasteiger partial charge in [0.2, 0.25) is 9.84 Å². The molecule has 0 aromatic heterocycles. The molecule has 6 aromatic carbocycles. The van der Waals surface area contributed by atoms with Gasteiger partial charge in [-0.3, -0.25) is 9.98 Å². The van der Waals surface area contributed by atoms with Crippen LogP contribution in [-0.2, 0) is 23.1 Å². The molecule has 0 unspecified atom stereocenters. The Morgan fingerprint density at radius 1 is 0.447 bits per heavy atom. The molecule has 47 heavy (non-hydrogen) atoms. The summed E-state index contributed by atoms with van der Waals surface area (Å²) in [6.45, 7) is 1.01. The summed E-state index contributed by atoms with van der Waals surface area (Å²) >= 11 is 0. The second-order valence-corrected chi connectivity index (χ2v) is 12.6. The smallest absolute Gasteiger partial charge is 0.206 e. The summed E-state index contributed by atoms with van der Waals surface area (Å²) in [4.78, 5) is 9.38. The first kappa shape index (κ1) is 31.2. The van der Waals surface area contributed by atoms with Gasteiger partial charge in [0.25, 0.3) is 0 Å². The van der Waals surface area contributed by atoms with Crippen LogP contribution in [0.25, 0.3) is 0 Å². The molecule has 6 aromatic rings. The lowest BCUT2D eigenvalue weighted by molar-refractivity contribution is 0.306. The van der Waals surface area contributed by atoms with Crippen molar-refractivity contribution in [2.24, 2.45) is 9.98 Å². The van der Waals surface area contributed by atoms with Gasteiger partial charge in [-0.15, -0.1) is 0 Å². The van der Waals surface area contributed by atoms with E-state index in [0.717, 1.165) is 33.8 Å². The topological polar surface area (TPSA) is 77.3 Å². The van der Waals surface area contributed by atoms with Crippen LogP contribution in [0.1, 0.15) is 22.3 Å². The van der Waals surface area contributed by atoms with Gasteiger partial charge in [0, 0.05) is 12.4 Å². The highest BCUT2D eigenvalue weighted by Gasteiger charge is 2.17. The van der Waals surface area contributed by atoms with Crippen molar-refractivity contribution in [1.29, 1.82) is 0 Å². The van der Waals surface area contributed by atoms with E-state index >= 15 is 0 Å². The van der Waals surface area contributed by atoms with Crippen LogP contribution in [0.3, 0.4) is 0 Å². The second-order valence-electron chi connectivity index (χ2n) is 10.7. The van der Waals surface area contributed by atoms with Crippen LogP contribution in [0.15, 0.2) is 178 Å². The molecule has 6 rings (SSSR count). The number of sulfone groups is 1. The quantitative estimate of drug-likeness (QED) is 0.126. The molecule has 0 N–H and O–H groups in total. The summed E-state index contributed by atoms with van der Waals surface area (Å²) in [6.07, 6.45) is 3.47. The summed E-state index contributed by atoms with van der Waals surface area (Å²) in [5.74, 6) is 1.55. The van der Waals surface area contributed by atoms with E-state index in [2.05, 4.69) is 9.98 Å². The van der Waals surface area contributed by atoms with Crippen molar-refractivity contribution in [3.05, 3.63) is 180 Å². The van der Waals surface area contributed by atoms with E-state index in [1.54, 1.807) is 61.0 Å². The van der Waals surface area contributed by atoms with Gasteiger partial charge in [0.15, 0.2) is 0 Å². The van der Waals surface area contributed by atoms with E-state index in [0.29, 0.717) is 24.6 Å². The molecular formula is C40H32N2O4S. The Morgan fingerprint density at radius 2 is 0.809 bits per heavy atom. The zero-order valence-corrected chi connectivity index (χ0v) is 26.3. The molecule has 0 saturated carbocycles. The molecule has 0 amide bonds. The van der Waals surface area contributed by atoms with E-state index in [-0.39, 0.29) is 9.79 Å². The number of aliphatic imine (C=N–C) groups is 2. The molecule has 6 nitrogen and oxygen atoms in total. The summed E-state index contributed by atoms with van der Waals surface area (Å²) in [5, 5.41) is 0. The van der Waals surface area contributed by atoms with Crippen LogP contribution in [0.5, 0.6) is 11.5 Å². The molecule has 0 fully saturated rings. The molecular weight excluding hydrogens is 605 g/mol. The van der Waals surface area contributed by atoms with Gasteiger partial charge in [0.05, 0.1) is 21.2 Å². The Hall–Kier alpha value is -5.79. The van der Waals surface area contributed by atoms with Crippen molar-refractivity contribution in [1.82, 2.24) is 0 Å². The van der Waals surface area contributed by atoms with Crippen LogP contribution in [0.4, 0.5) is 11.4 Å². The van der Waals surface area contributed by atoms with Crippen molar-refractivity contribution in [2.45, 2.75) is 23.0 Å². The Labute approximate surface area is 275 Å². The Balaban J connectivity index is 1.02. The second kappa shape index (κ2) is 15.0. The predicted octanol–water partition coefficient (Wildman–Crippen LogP) is 9.18. The summed E-state index contributed by atoms with van der Waals surface area (Å²) < 4.78 is 38.2. The number of benzene rings is 6. The highest BCUT2D eigenvalue weighted by Crippen LogP contribution is 2.25. The lowest BCUT2D eigenvalue weighted by Crippen LogP contribution is -2.01.